The summed E-state index contributed by atoms with van der Waals surface area (Å²) in [5.74, 6) is -0.864. The van der Waals surface area contributed by atoms with Gasteiger partial charge in [-0.1, -0.05) is 3.89 Å². The quantitative estimate of drug-likeness (QED) is 0.393. The number of hydrogen-bond acceptors (Lipinski definition) is 6. The van der Waals surface area contributed by atoms with Crippen LogP contribution in [0.4, 0.5) is 3.89 Å². The number of carbonyl (C=O) groups excluding carboxylic acids is 1. The summed E-state index contributed by atoms with van der Waals surface area (Å²) in [6, 6.07) is 1.11. The molecule has 1 heterocycles. The van der Waals surface area contributed by atoms with Crippen LogP contribution in [0.1, 0.15) is 10.5 Å². The minimum Gasteiger partial charge on any atom is -0.464 e. The zero-order valence-corrected chi connectivity index (χ0v) is 7.78. The fourth-order valence-corrected chi connectivity index (χ4v) is 1.07. The minimum atomic E-state index is -5.00. The van der Waals surface area contributed by atoms with Gasteiger partial charge in [0.2, 0.25) is 0 Å². The molecule has 0 atom stereocenters. The molecule has 14 heavy (non-hydrogen) atoms. The average Bonchev–Trinajstić information content (AvgIpc) is 2.15. The van der Waals surface area contributed by atoms with Crippen molar-refractivity contribution < 1.29 is 21.8 Å². The van der Waals surface area contributed by atoms with E-state index in [0.29, 0.717) is 0 Å². The van der Waals surface area contributed by atoms with Gasteiger partial charge >= 0.3 is 16.2 Å². The first-order valence-electron chi connectivity index (χ1n) is 3.31. The minimum absolute atomic E-state index is 0.321. The topological polar surface area (TPSA) is 86.2 Å². The summed E-state index contributed by atoms with van der Waals surface area (Å²) in [6.45, 7) is 0. The normalized spacial score (nSPS) is 11.0. The lowest BCUT2D eigenvalue weighted by atomic mass is 10.4. The third kappa shape index (κ3) is 2.22. The van der Waals surface area contributed by atoms with Crippen molar-refractivity contribution in [1.29, 1.82) is 0 Å². The van der Waals surface area contributed by atoms with E-state index < -0.39 is 21.3 Å². The first-order valence-corrected chi connectivity index (χ1v) is 4.69. The highest BCUT2D eigenvalue weighted by atomic mass is 32.3. The summed E-state index contributed by atoms with van der Waals surface area (Å²) >= 11 is 0. The van der Waals surface area contributed by atoms with E-state index in [1.807, 2.05) is 0 Å². The van der Waals surface area contributed by atoms with Crippen LogP contribution < -0.4 is 0 Å². The maximum absolute atomic E-state index is 12.4. The Kier molecular flexibility index (Phi) is 2.75. The molecule has 0 fully saturated rings. The van der Waals surface area contributed by atoms with Gasteiger partial charge in [0, 0.05) is 6.20 Å². The summed E-state index contributed by atoms with van der Waals surface area (Å²) in [7, 11) is -3.91. The maximum atomic E-state index is 12.4. The SMILES string of the molecule is COC(=O)c1ccnc(S(=O)(=O)F)n1. The average molecular weight is 220 g/mol. The molecular weight excluding hydrogens is 215 g/mol. The molecule has 76 valence electrons. The number of rotatable bonds is 2. The Labute approximate surface area is 79.0 Å². The van der Waals surface area contributed by atoms with Gasteiger partial charge in [0.05, 0.1) is 7.11 Å². The summed E-state index contributed by atoms with van der Waals surface area (Å²) in [5.41, 5.74) is -0.321. The zero-order valence-electron chi connectivity index (χ0n) is 6.97. The van der Waals surface area contributed by atoms with Crippen molar-refractivity contribution in [3.8, 4) is 0 Å². The van der Waals surface area contributed by atoms with Gasteiger partial charge in [-0.3, -0.25) is 0 Å². The Morgan fingerprint density at radius 3 is 2.71 bits per heavy atom. The van der Waals surface area contributed by atoms with E-state index >= 15 is 0 Å². The fraction of sp³-hybridized carbons (Fsp3) is 0.167. The van der Waals surface area contributed by atoms with Crippen molar-refractivity contribution in [2.45, 2.75) is 5.16 Å². The Hall–Kier alpha value is -1.57. The number of ether oxygens (including phenoxy) is 1. The van der Waals surface area contributed by atoms with Crippen LogP contribution in [0.3, 0.4) is 0 Å². The van der Waals surface area contributed by atoms with E-state index in [9.17, 15) is 17.1 Å². The second kappa shape index (κ2) is 3.66. The smallest absolute Gasteiger partial charge is 0.368 e. The van der Waals surface area contributed by atoms with E-state index in [2.05, 4.69) is 14.7 Å². The second-order valence-electron chi connectivity index (χ2n) is 2.15. The molecule has 0 N–H and O–H groups in total. The van der Waals surface area contributed by atoms with E-state index in [-0.39, 0.29) is 5.69 Å². The lowest BCUT2D eigenvalue weighted by Crippen LogP contribution is -2.08. The summed E-state index contributed by atoms with van der Waals surface area (Å²) in [4.78, 5) is 17.2. The molecule has 0 unspecified atom stereocenters. The first kappa shape index (κ1) is 10.5. The highest BCUT2D eigenvalue weighted by molar-refractivity contribution is 7.86. The van der Waals surface area contributed by atoms with E-state index in [1.54, 1.807) is 0 Å². The second-order valence-corrected chi connectivity index (χ2v) is 3.39. The van der Waals surface area contributed by atoms with Crippen LogP contribution >= 0.6 is 0 Å². The van der Waals surface area contributed by atoms with Crippen LogP contribution in [-0.4, -0.2) is 31.5 Å². The zero-order chi connectivity index (χ0) is 10.8. The number of aromatic nitrogens is 2. The molecule has 0 aliphatic carbocycles. The van der Waals surface area contributed by atoms with Crippen LogP contribution in [0, 0.1) is 0 Å². The van der Waals surface area contributed by atoms with E-state index in [4.69, 9.17) is 0 Å². The largest absolute Gasteiger partial charge is 0.464 e. The molecule has 0 aromatic carbocycles. The summed E-state index contributed by atoms with van der Waals surface area (Å²) in [5, 5.41) is -1.06. The molecule has 0 spiro atoms. The lowest BCUT2D eigenvalue weighted by Gasteiger charge is -1.97. The predicted octanol–water partition coefficient (Wildman–Crippen LogP) is -0.0786. The summed E-state index contributed by atoms with van der Waals surface area (Å²) < 4.78 is 37.3. The number of esters is 1. The van der Waals surface area contributed by atoms with Crippen LogP contribution in [0.25, 0.3) is 0 Å². The molecule has 0 saturated heterocycles. The fourth-order valence-electron chi connectivity index (χ4n) is 0.677. The third-order valence-corrected chi connectivity index (χ3v) is 1.88. The maximum Gasteiger partial charge on any atom is 0.368 e. The molecule has 1 rings (SSSR count). The van der Waals surface area contributed by atoms with Crippen molar-refractivity contribution in [3.63, 3.8) is 0 Å². The van der Waals surface area contributed by atoms with Crippen LogP contribution in [-0.2, 0) is 15.0 Å². The monoisotopic (exact) mass is 220 g/mol. The van der Waals surface area contributed by atoms with Gasteiger partial charge in [-0.25, -0.2) is 14.8 Å². The Balaban J connectivity index is 3.21. The van der Waals surface area contributed by atoms with Crippen molar-refractivity contribution in [1.82, 2.24) is 9.97 Å². The molecule has 1 aromatic rings. The van der Waals surface area contributed by atoms with Gasteiger partial charge in [0.25, 0.3) is 5.16 Å². The number of hydrogen-bond donors (Lipinski definition) is 0. The number of carbonyl (C=O) groups is 1. The van der Waals surface area contributed by atoms with Gasteiger partial charge in [0.1, 0.15) is 0 Å². The van der Waals surface area contributed by atoms with Crippen LogP contribution in [0.2, 0.25) is 0 Å². The molecule has 0 saturated carbocycles. The van der Waals surface area contributed by atoms with Crippen LogP contribution in [0.5, 0.6) is 0 Å². The molecule has 0 amide bonds. The number of nitrogens with zero attached hydrogens (tertiary/aromatic N) is 2. The van der Waals surface area contributed by atoms with Crippen molar-refractivity contribution in [2.24, 2.45) is 0 Å². The van der Waals surface area contributed by atoms with Gasteiger partial charge in [-0.05, 0) is 6.07 Å². The van der Waals surface area contributed by atoms with Crippen molar-refractivity contribution in [3.05, 3.63) is 18.0 Å². The van der Waals surface area contributed by atoms with Crippen molar-refractivity contribution >= 4 is 16.2 Å². The Morgan fingerprint density at radius 1 is 1.57 bits per heavy atom. The van der Waals surface area contributed by atoms with Gasteiger partial charge in [0.15, 0.2) is 5.69 Å². The standard InChI is InChI=1S/C6H5FN2O4S/c1-13-5(10)4-2-3-8-6(9-4)14(7,11)12/h2-3H,1H3. The van der Waals surface area contributed by atoms with Gasteiger partial charge in [-0.2, -0.15) is 8.42 Å². The first-order chi connectivity index (χ1) is 6.45. The van der Waals surface area contributed by atoms with E-state index in [0.717, 1.165) is 19.4 Å². The van der Waals surface area contributed by atoms with Gasteiger partial charge < -0.3 is 4.74 Å². The highest BCUT2D eigenvalue weighted by Gasteiger charge is 2.18. The molecular formula is C6H5FN2O4S. The Bertz CT molecular complexity index is 459. The van der Waals surface area contributed by atoms with Crippen LogP contribution in [0.15, 0.2) is 17.4 Å². The summed E-state index contributed by atoms with van der Waals surface area (Å²) in [6.07, 6.45) is 0.950. The highest BCUT2D eigenvalue weighted by Crippen LogP contribution is 2.06. The number of halogens is 1. The molecule has 0 aliphatic rings. The third-order valence-electron chi connectivity index (χ3n) is 1.25. The number of methoxy groups -OCH3 is 1. The lowest BCUT2D eigenvalue weighted by molar-refractivity contribution is 0.0593. The van der Waals surface area contributed by atoms with E-state index in [1.165, 1.54) is 0 Å². The molecule has 0 radical (unpaired) electrons. The Morgan fingerprint density at radius 2 is 2.21 bits per heavy atom. The molecule has 1 aromatic heterocycles. The van der Waals surface area contributed by atoms with Crippen molar-refractivity contribution in [2.75, 3.05) is 7.11 Å². The molecule has 8 heteroatoms. The molecule has 0 aliphatic heterocycles. The predicted molar refractivity (Wildman–Crippen MR) is 41.7 cm³/mol. The van der Waals surface area contributed by atoms with Gasteiger partial charge in [-0.15, -0.1) is 0 Å². The molecule has 0 bridgehead atoms. The molecule has 6 nitrogen and oxygen atoms in total.